The van der Waals surface area contributed by atoms with Crippen molar-refractivity contribution in [1.29, 1.82) is 0 Å². The fraction of sp³-hybridized carbons (Fsp3) is 0.950. The maximum Gasteiger partial charge on any atom is 0.306 e. The van der Waals surface area contributed by atoms with Gasteiger partial charge in [0.15, 0.2) is 0 Å². The Kier molecular flexibility index (Phi) is 3.04. The quantitative estimate of drug-likeness (QED) is 0.693. The highest BCUT2D eigenvalue weighted by Crippen LogP contribution is 2.68. The molecule has 1 heterocycles. The van der Waals surface area contributed by atoms with Gasteiger partial charge in [0.1, 0.15) is 6.10 Å². The Labute approximate surface area is 139 Å². The number of ether oxygens (including phenoxy) is 1. The van der Waals surface area contributed by atoms with Gasteiger partial charge >= 0.3 is 5.97 Å². The lowest BCUT2D eigenvalue weighted by Crippen LogP contribution is -2.54. The zero-order valence-corrected chi connectivity index (χ0v) is 14.3. The third-order valence-corrected chi connectivity index (χ3v) is 9.02. The Bertz CT molecular complexity index is 531. The Morgan fingerprint density at radius 3 is 2.78 bits per heavy atom. The van der Waals surface area contributed by atoms with E-state index in [4.69, 9.17) is 4.74 Å². The Morgan fingerprint density at radius 1 is 1.04 bits per heavy atom. The van der Waals surface area contributed by atoms with E-state index in [9.17, 15) is 9.90 Å². The van der Waals surface area contributed by atoms with E-state index in [1.165, 1.54) is 38.5 Å². The number of hydrogen-bond donors (Lipinski definition) is 1. The van der Waals surface area contributed by atoms with Gasteiger partial charge in [0, 0.05) is 5.41 Å². The van der Waals surface area contributed by atoms with Crippen molar-refractivity contribution in [2.75, 3.05) is 0 Å². The average molecular weight is 318 g/mol. The van der Waals surface area contributed by atoms with Crippen molar-refractivity contribution < 1.29 is 14.6 Å². The predicted molar refractivity (Wildman–Crippen MR) is 86.6 cm³/mol. The summed E-state index contributed by atoms with van der Waals surface area (Å²) in [7, 11) is 0. The van der Waals surface area contributed by atoms with E-state index in [1.807, 2.05) is 0 Å². The number of aliphatic hydroxyl groups excluding tert-OH is 1. The molecule has 4 saturated carbocycles. The predicted octanol–water partition coefficient (Wildman–Crippen LogP) is 3.69. The highest BCUT2D eigenvalue weighted by molar-refractivity contribution is 5.73. The van der Waals surface area contributed by atoms with Crippen LogP contribution in [-0.2, 0) is 9.53 Å². The third-order valence-electron chi connectivity index (χ3n) is 9.02. The summed E-state index contributed by atoms with van der Waals surface area (Å²) >= 11 is 0. The molecule has 128 valence electrons. The number of rotatable bonds is 0. The van der Waals surface area contributed by atoms with Crippen LogP contribution in [0.3, 0.4) is 0 Å². The van der Waals surface area contributed by atoms with Crippen molar-refractivity contribution in [3.05, 3.63) is 0 Å². The van der Waals surface area contributed by atoms with Gasteiger partial charge in [-0.15, -0.1) is 0 Å². The molecule has 5 rings (SSSR count). The Hall–Kier alpha value is -0.570. The summed E-state index contributed by atoms with van der Waals surface area (Å²) in [5.41, 5.74) is 0.640. The zero-order valence-electron chi connectivity index (χ0n) is 14.3. The standard InChI is InChI=1S/C20H30O3/c1-19-8-6-13(21)10-12(19)2-3-14-15(19)7-9-20-11-18(22)23-17(20)5-4-16(14)20/h12-17,21H,2-11H2,1H3/t12?,13-,14?,15?,16?,17-,19-,20+/m0/s1. The molecule has 0 radical (unpaired) electrons. The largest absolute Gasteiger partial charge is 0.462 e. The SMILES string of the molecule is C[C@]12CC[C@H](O)CC1CCC1C2CC[C@]23CC(=O)O[C@H]2CCC13. The van der Waals surface area contributed by atoms with Gasteiger partial charge < -0.3 is 9.84 Å². The van der Waals surface area contributed by atoms with Gasteiger partial charge in [-0.05, 0) is 86.9 Å². The molecule has 0 aromatic heterocycles. The van der Waals surface area contributed by atoms with Gasteiger partial charge in [-0.25, -0.2) is 0 Å². The lowest BCUT2D eigenvalue weighted by Gasteiger charge is -2.60. The number of esters is 1. The summed E-state index contributed by atoms with van der Waals surface area (Å²) in [6.07, 6.45) is 11.6. The highest BCUT2D eigenvalue weighted by Gasteiger charge is 2.65. The Balaban J connectivity index is 1.46. The summed E-state index contributed by atoms with van der Waals surface area (Å²) in [5, 5.41) is 10.1. The van der Waals surface area contributed by atoms with Gasteiger partial charge in [-0.1, -0.05) is 6.92 Å². The molecular formula is C20H30O3. The van der Waals surface area contributed by atoms with E-state index >= 15 is 0 Å². The van der Waals surface area contributed by atoms with Crippen LogP contribution in [-0.4, -0.2) is 23.3 Å². The number of carbonyl (C=O) groups is 1. The van der Waals surface area contributed by atoms with Crippen LogP contribution in [0.15, 0.2) is 0 Å². The minimum Gasteiger partial charge on any atom is -0.462 e. The number of hydrogen-bond acceptors (Lipinski definition) is 3. The molecule has 4 unspecified atom stereocenters. The van der Waals surface area contributed by atoms with Crippen LogP contribution >= 0.6 is 0 Å². The van der Waals surface area contributed by atoms with Crippen molar-refractivity contribution in [3.8, 4) is 0 Å². The molecule has 4 aliphatic carbocycles. The van der Waals surface area contributed by atoms with E-state index in [1.54, 1.807) is 0 Å². The first kappa shape index (κ1) is 14.7. The van der Waals surface area contributed by atoms with Crippen molar-refractivity contribution >= 4 is 5.97 Å². The van der Waals surface area contributed by atoms with Crippen LogP contribution in [0, 0.1) is 34.5 Å². The van der Waals surface area contributed by atoms with Gasteiger partial charge in [0.05, 0.1) is 12.5 Å². The normalized spacial score (nSPS) is 57.9. The third kappa shape index (κ3) is 1.83. The lowest BCUT2D eigenvalue weighted by molar-refractivity contribution is -0.141. The zero-order chi connectivity index (χ0) is 15.8. The minimum absolute atomic E-state index is 0.0590. The molecule has 5 aliphatic rings. The van der Waals surface area contributed by atoms with E-state index in [0.29, 0.717) is 11.8 Å². The molecule has 0 amide bonds. The molecule has 0 aromatic rings. The molecule has 1 aliphatic heterocycles. The number of carbonyl (C=O) groups excluding carboxylic acids is 1. The van der Waals surface area contributed by atoms with Gasteiger partial charge in [0.2, 0.25) is 0 Å². The lowest BCUT2D eigenvalue weighted by atomic mass is 9.44. The molecular weight excluding hydrogens is 288 g/mol. The topological polar surface area (TPSA) is 46.5 Å². The van der Waals surface area contributed by atoms with Crippen LogP contribution in [0.4, 0.5) is 0 Å². The molecule has 0 bridgehead atoms. The molecule has 1 spiro atoms. The number of fused-ring (bicyclic) bond motifs is 4. The van der Waals surface area contributed by atoms with E-state index < -0.39 is 0 Å². The highest BCUT2D eigenvalue weighted by atomic mass is 16.6. The first-order chi connectivity index (χ1) is 11.0. The molecule has 3 nitrogen and oxygen atoms in total. The molecule has 5 fully saturated rings. The monoisotopic (exact) mass is 318 g/mol. The van der Waals surface area contributed by atoms with Crippen LogP contribution < -0.4 is 0 Å². The van der Waals surface area contributed by atoms with Gasteiger partial charge in [-0.3, -0.25) is 4.79 Å². The Morgan fingerprint density at radius 2 is 1.91 bits per heavy atom. The summed E-state index contributed by atoms with van der Waals surface area (Å²) in [6, 6.07) is 0. The average Bonchev–Trinajstić information content (AvgIpc) is 3.00. The number of aliphatic hydroxyl groups is 1. The van der Waals surface area contributed by atoms with Crippen LogP contribution in [0.25, 0.3) is 0 Å². The fourth-order valence-corrected chi connectivity index (χ4v) is 7.98. The van der Waals surface area contributed by atoms with E-state index in [2.05, 4.69) is 6.92 Å². The summed E-state index contributed by atoms with van der Waals surface area (Å²) < 4.78 is 5.70. The second-order valence-corrected chi connectivity index (χ2v) is 9.59. The van der Waals surface area contributed by atoms with E-state index in [-0.39, 0.29) is 23.6 Å². The second-order valence-electron chi connectivity index (χ2n) is 9.59. The molecule has 8 atom stereocenters. The molecule has 0 aromatic carbocycles. The summed E-state index contributed by atoms with van der Waals surface area (Å²) in [4.78, 5) is 11.9. The summed E-state index contributed by atoms with van der Waals surface area (Å²) in [6.45, 7) is 2.53. The van der Waals surface area contributed by atoms with Crippen molar-refractivity contribution in [2.24, 2.45) is 34.5 Å². The van der Waals surface area contributed by atoms with Crippen molar-refractivity contribution in [2.45, 2.75) is 83.3 Å². The van der Waals surface area contributed by atoms with Crippen LogP contribution in [0.5, 0.6) is 0 Å². The smallest absolute Gasteiger partial charge is 0.306 e. The molecule has 1 saturated heterocycles. The van der Waals surface area contributed by atoms with Crippen LogP contribution in [0.2, 0.25) is 0 Å². The minimum atomic E-state index is -0.0590. The first-order valence-corrected chi connectivity index (χ1v) is 9.90. The first-order valence-electron chi connectivity index (χ1n) is 9.90. The molecule has 3 heteroatoms. The van der Waals surface area contributed by atoms with Gasteiger partial charge in [-0.2, -0.15) is 0 Å². The summed E-state index contributed by atoms with van der Waals surface area (Å²) in [5.74, 6) is 3.14. The van der Waals surface area contributed by atoms with Gasteiger partial charge in [0.25, 0.3) is 0 Å². The molecule has 23 heavy (non-hydrogen) atoms. The maximum absolute atomic E-state index is 11.9. The van der Waals surface area contributed by atoms with Crippen molar-refractivity contribution in [3.63, 3.8) is 0 Å². The maximum atomic E-state index is 11.9. The van der Waals surface area contributed by atoms with Crippen molar-refractivity contribution in [1.82, 2.24) is 0 Å². The second kappa shape index (κ2) is 4.74. The fourth-order valence-electron chi connectivity index (χ4n) is 7.98. The van der Waals surface area contributed by atoms with E-state index in [0.717, 1.165) is 42.9 Å². The molecule has 1 N–H and O–H groups in total. The van der Waals surface area contributed by atoms with Crippen LogP contribution in [0.1, 0.15) is 71.1 Å².